The van der Waals surface area contributed by atoms with E-state index in [1.807, 2.05) is 0 Å². The van der Waals surface area contributed by atoms with E-state index in [1.165, 1.54) is 19.4 Å². The van der Waals surface area contributed by atoms with Crippen LogP contribution in [0, 0.1) is 0 Å². The van der Waals surface area contributed by atoms with Gasteiger partial charge in [0, 0.05) is 0 Å². The molecular formula is C14H15ClZr. The third-order valence-electron chi connectivity index (χ3n) is 2.34. The minimum atomic E-state index is -0.258. The molecule has 2 rings (SSSR count). The minimum absolute atomic E-state index is 0. The van der Waals surface area contributed by atoms with Gasteiger partial charge in [-0.25, -0.2) is 0 Å². The van der Waals surface area contributed by atoms with Gasteiger partial charge in [0.2, 0.25) is 0 Å². The number of benzene rings is 2. The standard InChI is InChI=1S/2C7H7.ClH.Zr/c2*1-7-5-3-2-4-6-7;;/h2*2-6H,1H2;1H;. The van der Waals surface area contributed by atoms with E-state index in [9.17, 15) is 0 Å². The van der Waals surface area contributed by atoms with E-state index >= 15 is 0 Å². The normalized spacial score (nSPS) is 9.25. The Hall–Kier alpha value is -0.387. The Bertz CT molecular complexity index is 346. The number of halogens is 1. The van der Waals surface area contributed by atoms with Crippen LogP contribution in [-0.2, 0) is 31.5 Å². The molecule has 0 saturated carbocycles. The second-order valence-corrected chi connectivity index (χ2v) is 6.54. The predicted octanol–water partition coefficient (Wildman–Crippen LogP) is 3.89. The topological polar surface area (TPSA) is 0 Å². The van der Waals surface area contributed by atoms with Crippen molar-refractivity contribution >= 4 is 12.4 Å². The van der Waals surface area contributed by atoms with Gasteiger partial charge < -0.3 is 0 Å². The molecule has 0 aliphatic heterocycles. The molecule has 0 N–H and O–H groups in total. The second kappa shape index (κ2) is 7.82. The van der Waals surface area contributed by atoms with Crippen molar-refractivity contribution in [1.82, 2.24) is 0 Å². The van der Waals surface area contributed by atoms with Crippen LogP contribution in [0.4, 0.5) is 0 Å². The summed E-state index contributed by atoms with van der Waals surface area (Å²) in [5, 5.41) is 0. The van der Waals surface area contributed by atoms with Crippen molar-refractivity contribution in [3.63, 3.8) is 0 Å². The first kappa shape index (κ1) is 13.7. The zero-order valence-electron chi connectivity index (χ0n) is 9.10. The van der Waals surface area contributed by atoms with Crippen LogP contribution in [0.1, 0.15) is 11.1 Å². The first-order valence-electron chi connectivity index (χ1n) is 5.24. The van der Waals surface area contributed by atoms with Crippen molar-refractivity contribution in [3.05, 3.63) is 71.8 Å². The van der Waals surface area contributed by atoms with Crippen molar-refractivity contribution in [1.29, 1.82) is 0 Å². The number of hydrogen-bond acceptors (Lipinski definition) is 0. The molecule has 2 heteroatoms. The average molecular weight is 310 g/mol. The SMILES string of the molecule is Cl.c1ccc([CH2][Zr][CH2]c2ccccc2)cc1. The van der Waals surface area contributed by atoms with Gasteiger partial charge in [-0.2, -0.15) is 0 Å². The Morgan fingerprint density at radius 2 is 1.00 bits per heavy atom. The maximum absolute atomic E-state index is 2.24. The van der Waals surface area contributed by atoms with Crippen LogP contribution in [0.25, 0.3) is 0 Å². The summed E-state index contributed by atoms with van der Waals surface area (Å²) in [5.41, 5.74) is 3.03. The first-order valence-corrected chi connectivity index (χ1v) is 8.71. The third-order valence-corrected chi connectivity index (χ3v) is 5.58. The van der Waals surface area contributed by atoms with E-state index in [0.717, 1.165) is 0 Å². The van der Waals surface area contributed by atoms with E-state index in [1.54, 1.807) is 0 Å². The molecule has 0 nitrogen and oxygen atoms in total. The van der Waals surface area contributed by atoms with Crippen LogP contribution in [0.3, 0.4) is 0 Å². The van der Waals surface area contributed by atoms with Crippen molar-refractivity contribution in [2.24, 2.45) is 0 Å². The summed E-state index contributed by atoms with van der Waals surface area (Å²) in [6.07, 6.45) is 0. The van der Waals surface area contributed by atoms with E-state index in [4.69, 9.17) is 0 Å². The molecule has 16 heavy (non-hydrogen) atoms. The van der Waals surface area contributed by atoms with Crippen molar-refractivity contribution in [3.8, 4) is 0 Å². The Balaban J connectivity index is 0.00000128. The van der Waals surface area contributed by atoms with Crippen LogP contribution in [0.2, 0.25) is 0 Å². The summed E-state index contributed by atoms with van der Waals surface area (Å²) in [6.45, 7) is 0. The molecule has 0 saturated heterocycles. The molecular weight excluding hydrogens is 295 g/mol. The molecule has 0 heterocycles. The monoisotopic (exact) mass is 308 g/mol. The predicted molar refractivity (Wildman–Crippen MR) is 67.5 cm³/mol. The molecule has 0 aliphatic carbocycles. The maximum atomic E-state index is 2.24. The van der Waals surface area contributed by atoms with E-state index < -0.39 is 0 Å². The Labute approximate surface area is 115 Å². The summed E-state index contributed by atoms with van der Waals surface area (Å²) in [6, 6.07) is 21.7. The summed E-state index contributed by atoms with van der Waals surface area (Å²) in [5.74, 6) is 0. The van der Waals surface area contributed by atoms with Gasteiger partial charge in [0.05, 0.1) is 0 Å². The van der Waals surface area contributed by atoms with E-state index in [0.29, 0.717) is 0 Å². The summed E-state index contributed by atoms with van der Waals surface area (Å²) in [7, 11) is 0. The van der Waals surface area contributed by atoms with Crippen LogP contribution in [-0.4, -0.2) is 0 Å². The first-order chi connectivity index (χ1) is 7.45. The van der Waals surface area contributed by atoms with Gasteiger partial charge >= 0.3 is 103 Å². The zero-order chi connectivity index (χ0) is 10.3. The molecule has 0 atom stereocenters. The quantitative estimate of drug-likeness (QED) is 0.804. The fourth-order valence-electron chi connectivity index (χ4n) is 1.54. The van der Waals surface area contributed by atoms with Crippen molar-refractivity contribution < 1.29 is 23.2 Å². The Kier molecular flexibility index (Phi) is 6.68. The Morgan fingerprint density at radius 1 is 0.625 bits per heavy atom. The van der Waals surface area contributed by atoms with Gasteiger partial charge in [0.1, 0.15) is 0 Å². The van der Waals surface area contributed by atoms with Gasteiger partial charge in [-0.15, -0.1) is 12.4 Å². The molecule has 0 aromatic heterocycles. The molecule has 0 radical (unpaired) electrons. The van der Waals surface area contributed by atoms with Crippen LogP contribution in [0.15, 0.2) is 60.7 Å². The molecule has 82 valence electrons. The molecule has 2 aromatic carbocycles. The van der Waals surface area contributed by atoms with Crippen LogP contribution < -0.4 is 0 Å². The summed E-state index contributed by atoms with van der Waals surface area (Å²) >= 11 is -0.258. The van der Waals surface area contributed by atoms with Gasteiger partial charge in [0.15, 0.2) is 0 Å². The summed E-state index contributed by atoms with van der Waals surface area (Å²) in [4.78, 5) is 0. The molecule has 0 spiro atoms. The molecule has 0 amide bonds. The van der Waals surface area contributed by atoms with Crippen LogP contribution >= 0.6 is 12.4 Å². The Morgan fingerprint density at radius 3 is 1.38 bits per heavy atom. The molecule has 0 fully saturated rings. The molecule has 0 bridgehead atoms. The van der Waals surface area contributed by atoms with Gasteiger partial charge in [0.25, 0.3) is 0 Å². The van der Waals surface area contributed by atoms with Crippen LogP contribution in [0.5, 0.6) is 0 Å². The van der Waals surface area contributed by atoms with Crippen molar-refractivity contribution in [2.75, 3.05) is 0 Å². The fraction of sp³-hybridized carbons (Fsp3) is 0.143. The number of rotatable bonds is 4. The van der Waals surface area contributed by atoms with E-state index in [-0.39, 0.29) is 35.6 Å². The van der Waals surface area contributed by atoms with Gasteiger partial charge in [-0.1, -0.05) is 0 Å². The molecule has 0 aliphatic rings. The zero-order valence-corrected chi connectivity index (χ0v) is 12.4. The van der Waals surface area contributed by atoms with E-state index in [2.05, 4.69) is 60.7 Å². The van der Waals surface area contributed by atoms with Crippen molar-refractivity contribution in [2.45, 2.75) is 8.26 Å². The molecule has 0 unspecified atom stereocenters. The van der Waals surface area contributed by atoms with Gasteiger partial charge in [-0.3, -0.25) is 0 Å². The number of hydrogen-bond donors (Lipinski definition) is 0. The third kappa shape index (κ3) is 4.64. The van der Waals surface area contributed by atoms with Gasteiger partial charge in [-0.05, 0) is 0 Å². The fourth-order valence-corrected chi connectivity index (χ4v) is 4.43. The molecule has 2 aromatic rings. The average Bonchev–Trinajstić information content (AvgIpc) is 2.32. The summed E-state index contributed by atoms with van der Waals surface area (Å²) < 4.78 is 2.69. The second-order valence-electron chi connectivity index (χ2n) is 3.57.